The molecule has 3 rings (SSSR count). The van der Waals surface area contributed by atoms with E-state index in [2.05, 4.69) is 10.5 Å². The number of carbonyl (C=O) groups is 1. The molecule has 0 unspecified atom stereocenters. The minimum Gasteiger partial charge on any atom is -0.411 e. The van der Waals surface area contributed by atoms with Crippen LogP contribution in [0.15, 0.2) is 35.5 Å². The van der Waals surface area contributed by atoms with Gasteiger partial charge in [-0.2, -0.15) is 0 Å². The van der Waals surface area contributed by atoms with Crippen LogP contribution in [0.25, 0.3) is 0 Å². The third kappa shape index (κ3) is 2.09. The number of aliphatic hydroxyl groups excluding tert-OH is 1. The topological polar surface area (TPSA) is 81.9 Å². The van der Waals surface area contributed by atoms with Crippen LogP contribution in [0.1, 0.15) is 23.2 Å². The second kappa shape index (κ2) is 5.10. The number of carbonyl (C=O) groups excluding carboxylic acids is 1. The van der Waals surface area contributed by atoms with Crippen molar-refractivity contribution in [2.45, 2.75) is 29.7 Å². The van der Waals surface area contributed by atoms with Crippen LogP contribution in [-0.4, -0.2) is 44.6 Å². The molecule has 2 fully saturated rings. The summed E-state index contributed by atoms with van der Waals surface area (Å²) in [5.74, 6) is 0.455. The Morgan fingerprint density at radius 1 is 1.40 bits per heavy atom. The molecule has 1 saturated carbocycles. The van der Waals surface area contributed by atoms with Crippen molar-refractivity contribution in [2.75, 3.05) is 5.75 Å². The number of oxime groups is 1. The molecule has 0 aromatic heterocycles. The van der Waals surface area contributed by atoms with Gasteiger partial charge < -0.3 is 15.6 Å². The third-order valence-electron chi connectivity index (χ3n) is 3.98. The first kappa shape index (κ1) is 13.5. The summed E-state index contributed by atoms with van der Waals surface area (Å²) >= 11 is 1.53. The molecule has 1 aromatic rings. The highest BCUT2D eigenvalue weighted by Crippen LogP contribution is 2.43. The SMILES string of the molecule is O=C(N[C@]12CC[C@H](O)[C@H](SC1)/C2=N\O)c1ccccc1. The van der Waals surface area contributed by atoms with Gasteiger partial charge in [-0.15, -0.1) is 11.8 Å². The lowest BCUT2D eigenvalue weighted by Gasteiger charge is -2.35. The first-order valence-electron chi connectivity index (χ1n) is 6.56. The number of nitrogens with one attached hydrogen (secondary N) is 1. The van der Waals surface area contributed by atoms with E-state index >= 15 is 0 Å². The minimum atomic E-state index is -0.629. The molecule has 3 N–H and O–H groups in total. The summed E-state index contributed by atoms with van der Waals surface area (Å²) in [6.07, 6.45) is 0.691. The van der Waals surface area contributed by atoms with E-state index in [0.717, 1.165) is 0 Å². The molecule has 106 valence electrons. The van der Waals surface area contributed by atoms with Gasteiger partial charge in [-0.1, -0.05) is 23.4 Å². The highest BCUT2D eigenvalue weighted by atomic mass is 32.2. The monoisotopic (exact) mass is 292 g/mol. The number of hydrogen-bond donors (Lipinski definition) is 3. The van der Waals surface area contributed by atoms with Crippen LogP contribution in [0.3, 0.4) is 0 Å². The van der Waals surface area contributed by atoms with Crippen molar-refractivity contribution in [3.8, 4) is 0 Å². The summed E-state index contributed by atoms with van der Waals surface area (Å²) in [6, 6.07) is 8.97. The van der Waals surface area contributed by atoms with Crippen molar-refractivity contribution >= 4 is 23.4 Å². The second-order valence-corrected chi connectivity index (χ2v) is 6.36. The van der Waals surface area contributed by atoms with Crippen LogP contribution in [-0.2, 0) is 0 Å². The van der Waals surface area contributed by atoms with Gasteiger partial charge in [0.15, 0.2) is 0 Å². The third-order valence-corrected chi connectivity index (χ3v) is 5.54. The van der Waals surface area contributed by atoms with Crippen LogP contribution in [0, 0.1) is 0 Å². The van der Waals surface area contributed by atoms with Crippen molar-refractivity contribution in [3.63, 3.8) is 0 Å². The fourth-order valence-corrected chi connectivity index (χ4v) is 4.51. The maximum absolute atomic E-state index is 12.3. The van der Waals surface area contributed by atoms with Crippen molar-refractivity contribution in [1.29, 1.82) is 0 Å². The lowest BCUT2D eigenvalue weighted by Crippen LogP contribution is -2.59. The fraction of sp³-hybridized carbons (Fsp3) is 0.429. The minimum absolute atomic E-state index is 0.176. The number of rotatable bonds is 2. The molecule has 6 heteroatoms. The Bertz CT molecular complexity index is 549. The van der Waals surface area contributed by atoms with Crippen molar-refractivity contribution < 1.29 is 15.1 Å². The normalized spacial score (nSPS) is 34.1. The fourth-order valence-electron chi connectivity index (χ4n) is 2.89. The molecule has 1 aromatic carbocycles. The van der Waals surface area contributed by atoms with Crippen LogP contribution in [0.2, 0.25) is 0 Å². The molecule has 0 spiro atoms. The van der Waals surface area contributed by atoms with Gasteiger partial charge in [0, 0.05) is 11.3 Å². The average Bonchev–Trinajstić information content (AvgIpc) is 2.76. The highest BCUT2D eigenvalue weighted by molar-refractivity contribution is 8.01. The zero-order valence-electron chi connectivity index (χ0n) is 10.8. The second-order valence-electron chi connectivity index (χ2n) is 5.23. The van der Waals surface area contributed by atoms with Gasteiger partial charge in [0.2, 0.25) is 0 Å². The van der Waals surface area contributed by atoms with Crippen molar-refractivity contribution in [2.24, 2.45) is 5.16 Å². The lowest BCUT2D eigenvalue weighted by molar-refractivity contribution is 0.0904. The predicted octanol–water partition coefficient (Wildman–Crippen LogP) is 1.26. The first-order chi connectivity index (χ1) is 9.66. The maximum atomic E-state index is 12.3. The largest absolute Gasteiger partial charge is 0.411 e. The van der Waals surface area contributed by atoms with E-state index in [1.165, 1.54) is 11.8 Å². The van der Waals surface area contributed by atoms with Gasteiger partial charge in [0.05, 0.1) is 22.6 Å². The Hall–Kier alpha value is -1.53. The van der Waals surface area contributed by atoms with Crippen LogP contribution in [0.4, 0.5) is 0 Å². The van der Waals surface area contributed by atoms with E-state index in [9.17, 15) is 15.1 Å². The average molecular weight is 292 g/mol. The quantitative estimate of drug-likeness (QED) is 0.566. The summed E-state index contributed by atoms with van der Waals surface area (Å²) in [4.78, 5) is 12.3. The summed E-state index contributed by atoms with van der Waals surface area (Å²) in [5, 5.41) is 25.3. The number of aliphatic hydroxyl groups is 1. The van der Waals surface area contributed by atoms with E-state index in [1.54, 1.807) is 12.1 Å². The lowest BCUT2D eigenvalue weighted by atomic mass is 9.80. The molecule has 1 aliphatic carbocycles. The highest BCUT2D eigenvalue weighted by Gasteiger charge is 2.53. The molecular formula is C14H16N2O3S. The molecule has 2 aliphatic rings. The Kier molecular flexibility index (Phi) is 3.43. The number of hydrogen-bond acceptors (Lipinski definition) is 5. The summed E-state index contributed by atoms with van der Waals surface area (Å²) in [7, 11) is 0. The van der Waals surface area contributed by atoms with Gasteiger partial charge in [0.25, 0.3) is 5.91 Å². The number of amides is 1. The Labute approximate surface area is 121 Å². The van der Waals surface area contributed by atoms with E-state index in [1.807, 2.05) is 18.2 Å². The van der Waals surface area contributed by atoms with Crippen LogP contribution < -0.4 is 5.32 Å². The summed E-state index contributed by atoms with van der Waals surface area (Å²) in [5.41, 5.74) is 0.445. The zero-order chi connectivity index (χ0) is 14.2. The van der Waals surface area contributed by atoms with Gasteiger partial charge >= 0.3 is 0 Å². The predicted molar refractivity (Wildman–Crippen MR) is 77.3 cm³/mol. The molecule has 1 saturated heterocycles. The van der Waals surface area contributed by atoms with Crippen LogP contribution >= 0.6 is 11.8 Å². The van der Waals surface area contributed by atoms with Gasteiger partial charge in [-0.25, -0.2) is 0 Å². The summed E-state index contributed by atoms with van der Waals surface area (Å²) < 4.78 is 0. The Balaban J connectivity index is 1.85. The molecular weight excluding hydrogens is 276 g/mol. The van der Waals surface area contributed by atoms with E-state index in [0.29, 0.717) is 29.9 Å². The molecule has 0 radical (unpaired) electrons. The molecule has 20 heavy (non-hydrogen) atoms. The first-order valence-corrected chi connectivity index (χ1v) is 7.61. The number of nitrogens with zero attached hydrogens (tertiary/aromatic N) is 1. The molecule has 1 amide bonds. The molecule has 1 aliphatic heterocycles. The van der Waals surface area contributed by atoms with Gasteiger partial charge in [0.1, 0.15) is 0 Å². The van der Waals surface area contributed by atoms with E-state index in [4.69, 9.17) is 0 Å². The standard InChI is InChI=1S/C14H16N2O3S/c17-10-6-7-14(8-20-11(10)12(14)16-19)15-13(18)9-4-2-1-3-5-9/h1-5,10-11,17,19H,6-8H2,(H,15,18)/b16-12+/t10-,11-,14+/m0/s1. The number of fused-ring (bicyclic) bond motifs is 2. The van der Waals surface area contributed by atoms with Gasteiger partial charge in [-0.3, -0.25) is 4.79 Å². The smallest absolute Gasteiger partial charge is 0.252 e. The van der Waals surface area contributed by atoms with E-state index < -0.39 is 11.6 Å². The molecule has 5 nitrogen and oxygen atoms in total. The molecule has 3 atom stereocenters. The van der Waals surface area contributed by atoms with E-state index in [-0.39, 0.29) is 11.2 Å². The number of benzene rings is 1. The van der Waals surface area contributed by atoms with Crippen LogP contribution in [0.5, 0.6) is 0 Å². The maximum Gasteiger partial charge on any atom is 0.252 e. The van der Waals surface area contributed by atoms with Gasteiger partial charge in [-0.05, 0) is 25.0 Å². The zero-order valence-corrected chi connectivity index (χ0v) is 11.6. The van der Waals surface area contributed by atoms with Crippen molar-refractivity contribution in [1.82, 2.24) is 5.32 Å². The molecule has 2 bridgehead atoms. The number of thioether (sulfide) groups is 1. The Morgan fingerprint density at radius 2 is 2.15 bits per heavy atom. The van der Waals surface area contributed by atoms with Crippen molar-refractivity contribution in [3.05, 3.63) is 35.9 Å². The summed E-state index contributed by atoms with van der Waals surface area (Å²) in [6.45, 7) is 0. The Morgan fingerprint density at radius 3 is 2.85 bits per heavy atom. The molecule has 1 heterocycles.